The highest BCUT2D eigenvalue weighted by molar-refractivity contribution is 5.93. The first-order valence-electron chi connectivity index (χ1n) is 7.04. The third-order valence-corrected chi connectivity index (χ3v) is 2.96. The first-order chi connectivity index (χ1) is 9.54. The number of nitrogens with zero attached hydrogens (tertiary/aromatic N) is 2. The smallest absolute Gasteiger partial charge is 0.245 e. The van der Waals surface area contributed by atoms with Gasteiger partial charge in [0.25, 0.3) is 0 Å². The molecular formula is C14H23N3O3. The van der Waals surface area contributed by atoms with Gasteiger partial charge in [0.2, 0.25) is 11.8 Å². The van der Waals surface area contributed by atoms with E-state index in [0.29, 0.717) is 12.2 Å². The molecule has 2 amide bonds. The van der Waals surface area contributed by atoms with Gasteiger partial charge in [-0.1, -0.05) is 24.9 Å². The van der Waals surface area contributed by atoms with Crippen molar-refractivity contribution in [2.75, 3.05) is 11.9 Å². The highest BCUT2D eigenvalue weighted by atomic mass is 16.5. The molecule has 112 valence electrons. The van der Waals surface area contributed by atoms with Gasteiger partial charge in [-0.2, -0.15) is 0 Å². The van der Waals surface area contributed by atoms with Crippen LogP contribution in [0.2, 0.25) is 0 Å². The van der Waals surface area contributed by atoms with Gasteiger partial charge in [-0.05, 0) is 20.3 Å². The van der Waals surface area contributed by atoms with Crippen molar-refractivity contribution in [3.05, 3.63) is 12.3 Å². The van der Waals surface area contributed by atoms with Crippen LogP contribution in [0.25, 0.3) is 0 Å². The zero-order valence-corrected chi connectivity index (χ0v) is 12.4. The molecule has 1 rings (SSSR count). The number of carbonyl (C=O) groups excluding carboxylic acids is 2. The Morgan fingerprint density at radius 1 is 1.40 bits per heavy atom. The lowest BCUT2D eigenvalue weighted by Crippen LogP contribution is -2.42. The quantitative estimate of drug-likeness (QED) is 0.742. The van der Waals surface area contributed by atoms with Crippen molar-refractivity contribution in [2.24, 2.45) is 0 Å². The van der Waals surface area contributed by atoms with Crippen LogP contribution in [0, 0.1) is 0 Å². The van der Waals surface area contributed by atoms with Gasteiger partial charge in [-0.25, -0.2) is 0 Å². The molecule has 0 saturated carbocycles. The second-order valence-corrected chi connectivity index (χ2v) is 5.01. The Morgan fingerprint density at radius 2 is 2.15 bits per heavy atom. The van der Waals surface area contributed by atoms with Crippen LogP contribution in [-0.4, -0.2) is 34.5 Å². The Morgan fingerprint density at radius 3 is 2.70 bits per heavy atom. The molecule has 0 fully saturated rings. The Balaban J connectivity index is 2.49. The van der Waals surface area contributed by atoms with Gasteiger partial charge in [0.15, 0.2) is 5.82 Å². The average Bonchev–Trinajstić information content (AvgIpc) is 2.88. The number of aromatic nitrogens is 1. The summed E-state index contributed by atoms with van der Waals surface area (Å²) in [6, 6.07) is 1.55. The highest BCUT2D eigenvalue weighted by Crippen LogP contribution is 2.08. The molecule has 0 aliphatic heterocycles. The fourth-order valence-corrected chi connectivity index (χ4v) is 1.84. The van der Waals surface area contributed by atoms with Gasteiger partial charge in [0, 0.05) is 18.5 Å². The van der Waals surface area contributed by atoms with Crippen molar-refractivity contribution in [1.29, 1.82) is 0 Å². The number of hydrogen-bond donors (Lipinski definition) is 1. The van der Waals surface area contributed by atoms with Crippen LogP contribution in [0.3, 0.4) is 0 Å². The predicted molar refractivity (Wildman–Crippen MR) is 76.1 cm³/mol. The van der Waals surface area contributed by atoms with Crippen LogP contribution in [0.4, 0.5) is 5.82 Å². The van der Waals surface area contributed by atoms with Crippen LogP contribution in [-0.2, 0) is 9.59 Å². The second kappa shape index (κ2) is 8.35. The van der Waals surface area contributed by atoms with E-state index in [1.54, 1.807) is 11.0 Å². The van der Waals surface area contributed by atoms with E-state index >= 15 is 0 Å². The lowest BCUT2D eigenvalue weighted by molar-refractivity contribution is -0.136. The van der Waals surface area contributed by atoms with E-state index in [-0.39, 0.29) is 24.4 Å². The Kier molecular flexibility index (Phi) is 6.76. The van der Waals surface area contributed by atoms with E-state index in [4.69, 9.17) is 0 Å². The summed E-state index contributed by atoms with van der Waals surface area (Å²) in [5.74, 6) is 0.109. The van der Waals surface area contributed by atoms with Gasteiger partial charge in [-0.15, -0.1) is 0 Å². The highest BCUT2D eigenvalue weighted by Gasteiger charge is 2.20. The summed E-state index contributed by atoms with van der Waals surface area (Å²) in [6.07, 6.45) is 4.84. The molecule has 1 aromatic rings. The molecule has 20 heavy (non-hydrogen) atoms. The van der Waals surface area contributed by atoms with Crippen LogP contribution in [0.15, 0.2) is 16.9 Å². The molecule has 0 spiro atoms. The number of amides is 2. The number of nitrogens with one attached hydrogen (secondary N) is 1. The first-order valence-corrected chi connectivity index (χ1v) is 7.04. The molecule has 0 atom stereocenters. The maximum Gasteiger partial charge on any atom is 0.245 e. The van der Waals surface area contributed by atoms with Gasteiger partial charge in [0.05, 0.1) is 0 Å². The van der Waals surface area contributed by atoms with E-state index in [1.165, 1.54) is 6.26 Å². The predicted octanol–water partition coefficient (Wildman–Crippen LogP) is 2.43. The van der Waals surface area contributed by atoms with Crippen LogP contribution in [0.1, 0.15) is 46.5 Å². The fraction of sp³-hybridized carbons (Fsp3) is 0.643. The van der Waals surface area contributed by atoms with Crippen LogP contribution >= 0.6 is 0 Å². The fourth-order valence-electron chi connectivity index (χ4n) is 1.84. The topological polar surface area (TPSA) is 75.4 Å². The molecule has 0 aliphatic carbocycles. The molecule has 1 aromatic heterocycles. The summed E-state index contributed by atoms with van der Waals surface area (Å²) in [7, 11) is 0. The molecule has 6 nitrogen and oxygen atoms in total. The van der Waals surface area contributed by atoms with Crippen molar-refractivity contribution in [2.45, 2.75) is 52.5 Å². The summed E-state index contributed by atoms with van der Waals surface area (Å²) in [6.45, 7) is 5.94. The molecule has 0 aromatic carbocycles. The van der Waals surface area contributed by atoms with Gasteiger partial charge in [-0.3, -0.25) is 9.59 Å². The van der Waals surface area contributed by atoms with E-state index in [9.17, 15) is 9.59 Å². The molecule has 0 unspecified atom stereocenters. The normalized spacial score (nSPS) is 10.6. The van der Waals surface area contributed by atoms with Gasteiger partial charge in [0.1, 0.15) is 12.8 Å². The SMILES string of the molecule is CCCCCC(=O)N(CC(=O)Nc1ccon1)C(C)C. The molecule has 1 N–H and O–H groups in total. The lowest BCUT2D eigenvalue weighted by Gasteiger charge is -2.26. The van der Waals surface area contributed by atoms with E-state index in [1.807, 2.05) is 13.8 Å². The Bertz CT molecular complexity index is 415. The minimum atomic E-state index is -0.267. The van der Waals surface area contributed by atoms with Crippen LogP contribution < -0.4 is 5.32 Å². The maximum atomic E-state index is 12.1. The zero-order chi connectivity index (χ0) is 15.0. The molecule has 0 aliphatic rings. The van der Waals surface area contributed by atoms with Crippen molar-refractivity contribution in [1.82, 2.24) is 10.1 Å². The monoisotopic (exact) mass is 281 g/mol. The van der Waals surface area contributed by atoms with Gasteiger partial charge >= 0.3 is 0 Å². The Hall–Kier alpha value is -1.85. The van der Waals surface area contributed by atoms with Crippen molar-refractivity contribution in [3.8, 4) is 0 Å². The zero-order valence-electron chi connectivity index (χ0n) is 12.4. The third-order valence-electron chi connectivity index (χ3n) is 2.96. The van der Waals surface area contributed by atoms with E-state index < -0.39 is 0 Å². The number of hydrogen-bond acceptors (Lipinski definition) is 4. The molecular weight excluding hydrogens is 258 g/mol. The minimum Gasteiger partial charge on any atom is -0.363 e. The molecule has 1 heterocycles. The average molecular weight is 281 g/mol. The molecule has 0 radical (unpaired) electrons. The van der Waals surface area contributed by atoms with Crippen molar-refractivity contribution >= 4 is 17.6 Å². The number of anilines is 1. The summed E-state index contributed by atoms with van der Waals surface area (Å²) < 4.78 is 4.64. The largest absolute Gasteiger partial charge is 0.363 e. The van der Waals surface area contributed by atoms with Gasteiger partial charge < -0.3 is 14.7 Å². The third kappa shape index (κ3) is 5.42. The molecule has 6 heteroatoms. The van der Waals surface area contributed by atoms with Crippen LogP contribution in [0.5, 0.6) is 0 Å². The summed E-state index contributed by atoms with van der Waals surface area (Å²) in [5, 5.41) is 6.20. The summed E-state index contributed by atoms with van der Waals surface area (Å²) >= 11 is 0. The van der Waals surface area contributed by atoms with Crippen molar-refractivity contribution < 1.29 is 14.1 Å². The van der Waals surface area contributed by atoms with Crippen molar-refractivity contribution in [3.63, 3.8) is 0 Å². The summed E-state index contributed by atoms with van der Waals surface area (Å²) in [5.41, 5.74) is 0. The molecule has 0 bridgehead atoms. The summed E-state index contributed by atoms with van der Waals surface area (Å²) in [4.78, 5) is 25.6. The number of rotatable bonds is 8. The minimum absolute atomic E-state index is 0.00724. The second-order valence-electron chi connectivity index (χ2n) is 5.01. The first kappa shape index (κ1) is 16.2. The maximum absolute atomic E-state index is 12.1. The lowest BCUT2D eigenvalue weighted by atomic mass is 10.1. The van der Waals surface area contributed by atoms with E-state index in [2.05, 4.69) is 21.9 Å². The van der Waals surface area contributed by atoms with E-state index in [0.717, 1.165) is 19.3 Å². The number of carbonyl (C=O) groups is 2. The standard InChI is InChI=1S/C14H23N3O3/c1-4-5-6-7-14(19)17(11(2)3)10-13(18)15-12-8-9-20-16-12/h8-9,11H,4-7,10H2,1-3H3,(H,15,16,18). The number of unbranched alkanes of at least 4 members (excludes halogenated alkanes) is 2. The Labute approximate surface area is 119 Å². The molecule has 0 saturated heterocycles.